The summed E-state index contributed by atoms with van der Waals surface area (Å²) in [6.45, 7) is 1.53. The number of carbonyl (C=O) groups excluding carboxylic acids is 1. The summed E-state index contributed by atoms with van der Waals surface area (Å²) in [7, 11) is 0. The van der Waals surface area contributed by atoms with Crippen molar-refractivity contribution in [2.24, 2.45) is 5.73 Å². The van der Waals surface area contributed by atoms with Crippen molar-refractivity contribution in [1.82, 2.24) is 5.32 Å². The van der Waals surface area contributed by atoms with E-state index in [1.165, 1.54) is 6.07 Å². The molecule has 6 heteroatoms. The molecule has 110 valence electrons. The Morgan fingerprint density at radius 3 is 2.80 bits per heavy atom. The van der Waals surface area contributed by atoms with E-state index in [0.29, 0.717) is 43.5 Å². The first-order chi connectivity index (χ1) is 9.51. The van der Waals surface area contributed by atoms with Gasteiger partial charge in [0.15, 0.2) is 0 Å². The van der Waals surface area contributed by atoms with E-state index in [1.54, 1.807) is 12.1 Å². The van der Waals surface area contributed by atoms with Crippen LogP contribution >= 0.6 is 15.9 Å². The third-order valence-electron chi connectivity index (χ3n) is 3.52. The first kappa shape index (κ1) is 15.4. The highest BCUT2D eigenvalue weighted by Crippen LogP contribution is 2.18. The highest BCUT2D eigenvalue weighted by Gasteiger charge is 2.35. The van der Waals surface area contributed by atoms with Gasteiger partial charge >= 0.3 is 0 Å². The van der Waals surface area contributed by atoms with Gasteiger partial charge in [-0.25, -0.2) is 4.39 Å². The molecule has 1 fully saturated rings. The van der Waals surface area contributed by atoms with Gasteiger partial charge in [-0.1, -0.05) is 6.07 Å². The molecule has 1 aliphatic rings. The molecule has 0 aromatic heterocycles. The number of amides is 1. The van der Waals surface area contributed by atoms with E-state index < -0.39 is 5.54 Å². The maximum Gasteiger partial charge on any atom is 0.240 e. The molecular weight excluding hydrogens is 327 g/mol. The molecule has 0 aliphatic carbocycles. The van der Waals surface area contributed by atoms with Crippen molar-refractivity contribution < 1.29 is 13.9 Å². The van der Waals surface area contributed by atoms with Crippen LogP contribution in [0.5, 0.6) is 0 Å². The second-order valence-electron chi connectivity index (χ2n) is 5.02. The number of nitrogens with two attached hydrogens (primary N) is 1. The molecule has 1 aromatic rings. The number of halogens is 2. The van der Waals surface area contributed by atoms with Gasteiger partial charge in [-0.3, -0.25) is 4.79 Å². The maximum atomic E-state index is 13.1. The quantitative estimate of drug-likeness (QED) is 0.874. The van der Waals surface area contributed by atoms with E-state index in [2.05, 4.69) is 21.2 Å². The molecular formula is C14H18BrFN2O2. The summed E-state index contributed by atoms with van der Waals surface area (Å²) in [5.74, 6) is -0.428. The van der Waals surface area contributed by atoms with Crippen LogP contribution in [0.15, 0.2) is 22.7 Å². The average molecular weight is 345 g/mol. The van der Waals surface area contributed by atoms with Crippen LogP contribution in [-0.4, -0.2) is 31.2 Å². The molecule has 0 radical (unpaired) electrons. The van der Waals surface area contributed by atoms with Gasteiger partial charge in [-0.05, 0) is 52.9 Å². The van der Waals surface area contributed by atoms with Crippen molar-refractivity contribution in [2.75, 3.05) is 19.8 Å². The van der Waals surface area contributed by atoms with Gasteiger partial charge in [0, 0.05) is 19.8 Å². The van der Waals surface area contributed by atoms with E-state index in [9.17, 15) is 9.18 Å². The molecule has 1 aromatic carbocycles. The van der Waals surface area contributed by atoms with Crippen LogP contribution in [0.25, 0.3) is 0 Å². The zero-order valence-corrected chi connectivity index (χ0v) is 12.7. The Morgan fingerprint density at radius 1 is 1.45 bits per heavy atom. The van der Waals surface area contributed by atoms with Crippen molar-refractivity contribution in [3.8, 4) is 0 Å². The van der Waals surface area contributed by atoms with Gasteiger partial charge in [-0.15, -0.1) is 0 Å². The minimum Gasteiger partial charge on any atom is -0.381 e. The number of rotatable bonds is 4. The number of nitrogens with one attached hydrogen (secondary N) is 1. The van der Waals surface area contributed by atoms with Crippen LogP contribution in [0.1, 0.15) is 18.4 Å². The smallest absolute Gasteiger partial charge is 0.240 e. The molecule has 0 bridgehead atoms. The van der Waals surface area contributed by atoms with E-state index >= 15 is 0 Å². The van der Waals surface area contributed by atoms with E-state index in [-0.39, 0.29) is 11.7 Å². The maximum absolute atomic E-state index is 13.1. The zero-order chi connectivity index (χ0) is 14.6. The van der Waals surface area contributed by atoms with E-state index in [1.807, 2.05) is 0 Å². The van der Waals surface area contributed by atoms with Gasteiger partial charge in [0.25, 0.3) is 0 Å². The van der Waals surface area contributed by atoms with Gasteiger partial charge < -0.3 is 15.8 Å². The molecule has 3 N–H and O–H groups in total. The molecule has 0 atom stereocenters. The summed E-state index contributed by atoms with van der Waals surface area (Å²) in [6.07, 6.45) is 1.72. The fourth-order valence-corrected chi connectivity index (χ4v) is 2.58. The molecule has 1 aliphatic heterocycles. The summed E-state index contributed by atoms with van der Waals surface area (Å²) in [6, 6.07) is 4.83. The van der Waals surface area contributed by atoms with Gasteiger partial charge in [0.1, 0.15) is 5.82 Å². The van der Waals surface area contributed by atoms with Crippen LogP contribution in [0.4, 0.5) is 4.39 Å². The van der Waals surface area contributed by atoms with Gasteiger partial charge in [0.05, 0.1) is 10.0 Å². The number of hydrogen-bond acceptors (Lipinski definition) is 3. The largest absolute Gasteiger partial charge is 0.381 e. The molecule has 1 amide bonds. The third kappa shape index (κ3) is 3.77. The molecule has 0 spiro atoms. The number of carbonyl (C=O) groups is 1. The van der Waals surface area contributed by atoms with Crippen LogP contribution in [-0.2, 0) is 16.0 Å². The normalized spacial score (nSPS) is 17.8. The fraction of sp³-hybridized carbons (Fsp3) is 0.500. The Kier molecular flexibility index (Phi) is 5.12. The van der Waals surface area contributed by atoms with E-state index in [4.69, 9.17) is 10.5 Å². The number of hydrogen-bond donors (Lipinski definition) is 2. The minimum atomic E-state index is -0.818. The molecule has 4 nitrogen and oxygen atoms in total. The van der Waals surface area contributed by atoms with Crippen molar-refractivity contribution >= 4 is 21.8 Å². The fourth-order valence-electron chi connectivity index (χ4n) is 2.15. The van der Waals surface area contributed by atoms with Crippen LogP contribution in [0.2, 0.25) is 0 Å². The van der Waals surface area contributed by atoms with E-state index in [0.717, 1.165) is 5.56 Å². The Labute approximate surface area is 126 Å². The highest BCUT2D eigenvalue weighted by molar-refractivity contribution is 9.10. The monoisotopic (exact) mass is 344 g/mol. The summed E-state index contributed by atoms with van der Waals surface area (Å²) in [5, 5.41) is 2.85. The number of ether oxygens (including phenoxy) is 1. The van der Waals surface area contributed by atoms with Crippen LogP contribution < -0.4 is 11.1 Å². The molecule has 0 saturated carbocycles. The molecule has 1 saturated heterocycles. The average Bonchev–Trinajstić information content (AvgIpc) is 2.43. The second-order valence-corrected chi connectivity index (χ2v) is 5.88. The Morgan fingerprint density at radius 2 is 2.15 bits per heavy atom. The highest BCUT2D eigenvalue weighted by atomic mass is 79.9. The SMILES string of the molecule is NC1(C(=O)NCCc2ccc(F)c(Br)c2)CCOCC1. The minimum absolute atomic E-state index is 0.137. The lowest BCUT2D eigenvalue weighted by molar-refractivity contribution is -0.129. The third-order valence-corrected chi connectivity index (χ3v) is 4.13. The van der Waals surface area contributed by atoms with Gasteiger partial charge in [-0.2, -0.15) is 0 Å². The predicted molar refractivity (Wildman–Crippen MR) is 77.8 cm³/mol. The molecule has 2 rings (SSSR count). The molecule has 20 heavy (non-hydrogen) atoms. The summed E-state index contributed by atoms with van der Waals surface area (Å²) < 4.78 is 18.7. The lowest BCUT2D eigenvalue weighted by Gasteiger charge is -2.31. The summed E-state index contributed by atoms with van der Waals surface area (Å²) >= 11 is 3.14. The first-order valence-corrected chi connectivity index (χ1v) is 7.39. The molecule has 1 heterocycles. The lowest BCUT2D eigenvalue weighted by atomic mass is 9.90. The van der Waals surface area contributed by atoms with Crippen LogP contribution in [0.3, 0.4) is 0 Å². The van der Waals surface area contributed by atoms with Crippen LogP contribution in [0, 0.1) is 5.82 Å². The predicted octanol–water partition coefficient (Wildman–Crippen LogP) is 1.75. The first-order valence-electron chi connectivity index (χ1n) is 6.60. The second kappa shape index (κ2) is 6.65. The standard InChI is InChI=1S/C14H18BrFN2O2/c15-11-9-10(1-2-12(11)16)3-6-18-13(19)14(17)4-7-20-8-5-14/h1-2,9H,3-8,17H2,(H,18,19). The van der Waals surface area contributed by atoms with Crippen molar-refractivity contribution in [3.63, 3.8) is 0 Å². The van der Waals surface area contributed by atoms with Crippen molar-refractivity contribution in [3.05, 3.63) is 34.1 Å². The Bertz CT molecular complexity index is 490. The molecule has 0 unspecified atom stereocenters. The summed E-state index contributed by atoms with van der Waals surface area (Å²) in [5.41, 5.74) is 6.21. The Hall–Kier alpha value is -0.980. The summed E-state index contributed by atoms with van der Waals surface area (Å²) in [4.78, 5) is 12.1. The lowest BCUT2D eigenvalue weighted by Crippen LogP contribution is -2.57. The van der Waals surface area contributed by atoms with Crippen molar-refractivity contribution in [2.45, 2.75) is 24.8 Å². The topological polar surface area (TPSA) is 64.4 Å². The van der Waals surface area contributed by atoms with Gasteiger partial charge in [0.2, 0.25) is 5.91 Å². The number of benzene rings is 1. The Balaban J connectivity index is 1.83. The zero-order valence-electron chi connectivity index (χ0n) is 11.1. The van der Waals surface area contributed by atoms with Crippen molar-refractivity contribution in [1.29, 1.82) is 0 Å².